The van der Waals surface area contributed by atoms with Crippen LogP contribution in [0.5, 0.6) is 0 Å². The molecule has 1 heterocycles. The van der Waals surface area contributed by atoms with Gasteiger partial charge in [-0.15, -0.1) is 6.58 Å². The van der Waals surface area contributed by atoms with Gasteiger partial charge in [0.2, 0.25) is 10.0 Å². The zero-order chi connectivity index (χ0) is 21.2. The van der Waals surface area contributed by atoms with Crippen LogP contribution < -0.4 is 5.32 Å². The van der Waals surface area contributed by atoms with Gasteiger partial charge < -0.3 is 9.88 Å². The van der Waals surface area contributed by atoms with Crippen molar-refractivity contribution < 1.29 is 13.2 Å². The van der Waals surface area contributed by atoms with E-state index in [0.717, 1.165) is 11.1 Å². The quantitative estimate of drug-likeness (QED) is 0.604. The highest BCUT2D eigenvalue weighted by atomic mass is 32.2. The van der Waals surface area contributed by atoms with E-state index in [-0.39, 0.29) is 16.8 Å². The monoisotopic (exact) mass is 411 g/mol. The zero-order valence-electron chi connectivity index (χ0n) is 16.8. The first-order valence-electron chi connectivity index (χ1n) is 9.28. The molecule has 0 saturated carbocycles. The Labute approximate surface area is 171 Å². The number of carbonyl (C=O) groups excluding carboxylic acids is 1. The molecule has 152 valence electrons. The minimum atomic E-state index is -3.56. The van der Waals surface area contributed by atoms with Gasteiger partial charge in [-0.1, -0.05) is 36.4 Å². The number of benzene rings is 2. The first kappa shape index (κ1) is 20.8. The predicted octanol–water partition coefficient (Wildman–Crippen LogP) is 3.57. The van der Waals surface area contributed by atoms with Crippen LogP contribution in [0.4, 0.5) is 0 Å². The number of rotatable bonds is 7. The summed E-state index contributed by atoms with van der Waals surface area (Å²) in [5.41, 5.74) is 2.24. The fourth-order valence-corrected chi connectivity index (χ4v) is 4.17. The van der Waals surface area contributed by atoms with E-state index < -0.39 is 10.0 Å². The van der Waals surface area contributed by atoms with Crippen molar-refractivity contribution in [2.24, 2.45) is 0 Å². The molecule has 0 fully saturated rings. The predicted molar refractivity (Wildman–Crippen MR) is 115 cm³/mol. The van der Waals surface area contributed by atoms with E-state index in [1.54, 1.807) is 30.3 Å². The molecule has 0 aliphatic heterocycles. The maximum absolute atomic E-state index is 13.0. The molecule has 1 aromatic heterocycles. The van der Waals surface area contributed by atoms with Crippen LogP contribution in [0.2, 0.25) is 0 Å². The lowest BCUT2D eigenvalue weighted by molar-refractivity contribution is 0.0931. The summed E-state index contributed by atoms with van der Waals surface area (Å²) in [4.78, 5) is 13.2. The van der Waals surface area contributed by atoms with Crippen molar-refractivity contribution in [3.8, 4) is 0 Å². The normalized spacial score (nSPS) is 12.8. The zero-order valence-corrected chi connectivity index (χ0v) is 17.6. The summed E-state index contributed by atoms with van der Waals surface area (Å²) in [6.07, 6.45) is 1.71. The molecule has 29 heavy (non-hydrogen) atoms. The number of fused-ring (bicyclic) bond motifs is 1. The Balaban J connectivity index is 2.01. The molecule has 0 saturated heterocycles. The molecule has 0 spiro atoms. The molecular weight excluding hydrogens is 386 g/mol. The van der Waals surface area contributed by atoms with E-state index in [1.807, 2.05) is 41.8 Å². The number of nitrogens with zero attached hydrogens (tertiary/aromatic N) is 2. The van der Waals surface area contributed by atoms with Crippen LogP contribution in [-0.4, -0.2) is 37.3 Å². The lowest BCUT2D eigenvalue weighted by atomic mass is 10.1. The molecule has 2 aromatic carbocycles. The highest BCUT2D eigenvalue weighted by Gasteiger charge is 2.21. The Morgan fingerprint density at radius 2 is 1.86 bits per heavy atom. The molecular formula is C22H25N3O3S. The maximum Gasteiger partial charge on any atom is 0.268 e. The molecule has 1 amide bonds. The van der Waals surface area contributed by atoms with Crippen LogP contribution in [0.15, 0.2) is 72.1 Å². The molecule has 0 bridgehead atoms. The highest BCUT2D eigenvalue weighted by molar-refractivity contribution is 7.89. The molecule has 0 aliphatic carbocycles. The van der Waals surface area contributed by atoms with Crippen LogP contribution in [0.1, 0.15) is 29.0 Å². The van der Waals surface area contributed by atoms with E-state index >= 15 is 0 Å². The van der Waals surface area contributed by atoms with Crippen LogP contribution in [0, 0.1) is 0 Å². The molecule has 1 atom stereocenters. The lowest BCUT2D eigenvalue weighted by Gasteiger charge is -2.15. The van der Waals surface area contributed by atoms with Gasteiger partial charge >= 0.3 is 0 Å². The van der Waals surface area contributed by atoms with Crippen molar-refractivity contribution in [3.05, 3.63) is 78.5 Å². The van der Waals surface area contributed by atoms with E-state index in [4.69, 9.17) is 0 Å². The Morgan fingerprint density at radius 1 is 1.17 bits per heavy atom. The average molecular weight is 412 g/mol. The number of hydrogen-bond donors (Lipinski definition) is 1. The number of amides is 1. The second-order valence-electron chi connectivity index (χ2n) is 7.04. The third kappa shape index (κ3) is 4.11. The third-order valence-corrected chi connectivity index (χ3v) is 6.65. The van der Waals surface area contributed by atoms with Crippen LogP contribution >= 0.6 is 0 Å². The highest BCUT2D eigenvalue weighted by Crippen LogP contribution is 2.25. The van der Waals surface area contributed by atoms with E-state index in [1.165, 1.54) is 18.4 Å². The molecule has 3 rings (SSSR count). The van der Waals surface area contributed by atoms with Gasteiger partial charge in [0.15, 0.2) is 0 Å². The first-order valence-corrected chi connectivity index (χ1v) is 10.7. The van der Waals surface area contributed by atoms with Crippen molar-refractivity contribution in [3.63, 3.8) is 0 Å². The second-order valence-corrected chi connectivity index (χ2v) is 9.19. The first-order chi connectivity index (χ1) is 13.8. The van der Waals surface area contributed by atoms with Crippen molar-refractivity contribution in [1.29, 1.82) is 0 Å². The van der Waals surface area contributed by atoms with Crippen LogP contribution in [0.3, 0.4) is 0 Å². The van der Waals surface area contributed by atoms with Gasteiger partial charge in [-0.05, 0) is 36.8 Å². The van der Waals surface area contributed by atoms with Crippen LogP contribution in [0.25, 0.3) is 10.9 Å². The maximum atomic E-state index is 13.0. The summed E-state index contributed by atoms with van der Waals surface area (Å²) >= 11 is 0. The summed E-state index contributed by atoms with van der Waals surface area (Å²) in [6.45, 7) is 6.14. The van der Waals surface area contributed by atoms with Gasteiger partial charge in [0.25, 0.3) is 5.91 Å². The van der Waals surface area contributed by atoms with Crippen molar-refractivity contribution in [1.82, 2.24) is 14.2 Å². The summed E-state index contributed by atoms with van der Waals surface area (Å²) in [7, 11) is -0.572. The molecule has 0 unspecified atom stereocenters. The number of allylic oxidation sites excluding steroid dienone is 1. The van der Waals surface area contributed by atoms with Crippen LogP contribution in [-0.2, 0) is 16.6 Å². The van der Waals surface area contributed by atoms with E-state index in [2.05, 4.69) is 11.9 Å². The second kappa shape index (κ2) is 8.23. The molecule has 0 radical (unpaired) electrons. The molecule has 3 aromatic rings. The SMILES string of the molecule is C=CCn1c(C(=O)N[C@H](C)c2ccccc2)cc2cc(S(=O)(=O)N(C)C)ccc21. The molecule has 6 nitrogen and oxygen atoms in total. The minimum absolute atomic E-state index is 0.163. The molecule has 7 heteroatoms. The summed E-state index contributed by atoms with van der Waals surface area (Å²) in [6, 6.07) is 16.2. The number of nitrogens with one attached hydrogen (secondary N) is 1. The average Bonchev–Trinajstić information content (AvgIpc) is 3.06. The Bertz CT molecular complexity index is 1150. The Kier molecular flexibility index (Phi) is 5.91. The largest absolute Gasteiger partial charge is 0.344 e. The molecule has 1 N–H and O–H groups in total. The lowest BCUT2D eigenvalue weighted by Crippen LogP contribution is -2.28. The topological polar surface area (TPSA) is 71.4 Å². The van der Waals surface area contributed by atoms with E-state index in [9.17, 15) is 13.2 Å². The number of aromatic nitrogens is 1. The number of sulfonamides is 1. The smallest absolute Gasteiger partial charge is 0.268 e. The van der Waals surface area contributed by atoms with Gasteiger partial charge in [0, 0.05) is 31.5 Å². The van der Waals surface area contributed by atoms with Gasteiger partial charge in [-0.2, -0.15) is 0 Å². The molecule has 0 aliphatic rings. The van der Waals surface area contributed by atoms with Gasteiger partial charge in [0.05, 0.1) is 10.9 Å². The Hall–Kier alpha value is -2.90. The third-order valence-electron chi connectivity index (χ3n) is 4.84. The number of carbonyl (C=O) groups is 1. The minimum Gasteiger partial charge on any atom is -0.344 e. The number of hydrogen-bond acceptors (Lipinski definition) is 3. The fraction of sp³-hybridized carbons (Fsp3) is 0.227. The summed E-state index contributed by atoms with van der Waals surface area (Å²) in [5, 5.41) is 3.70. The van der Waals surface area contributed by atoms with E-state index in [0.29, 0.717) is 17.6 Å². The van der Waals surface area contributed by atoms with Gasteiger partial charge in [-0.3, -0.25) is 4.79 Å². The van der Waals surface area contributed by atoms with Crippen molar-refractivity contribution in [2.45, 2.75) is 24.4 Å². The van der Waals surface area contributed by atoms with Crippen molar-refractivity contribution in [2.75, 3.05) is 14.1 Å². The summed E-state index contributed by atoms with van der Waals surface area (Å²) < 4.78 is 27.9. The Morgan fingerprint density at radius 3 is 2.48 bits per heavy atom. The van der Waals surface area contributed by atoms with Gasteiger partial charge in [0.1, 0.15) is 5.69 Å². The summed E-state index contributed by atoms with van der Waals surface area (Å²) in [5.74, 6) is -0.226. The van der Waals surface area contributed by atoms with Crippen molar-refractivity contribution >= 4 is 26.8 Å². The van der Waals surface area contributed by atoms with Gasteiger partial charge in [-0.25, -0.2) is 12.7 Å². The standard InChI is InChI=1S/C22H25N3O3S/c1-5-13-25-20-12-11-19(29(27,28)24(3)4)14-18(20)15-21(25)22(26)23-16(2)17-9-7-6-8-10-17/h5-12,14-16H,1,13H2,2-4H3,(H,23,26)/t16-/m1/s1. The fourth-order valence-electron chi connectivity index (χ4n) is 3.23.